The lowest BCUT2D eigenvalue weighted by molar-refractivity contribution is -0.139. The van der Waals surface area contributed by atoms with Crippen molar-refractivity contribution in [3.05, 3.63) is 72.3 Å². The third kappa shape index (κ3) is 5.47. The fraction of sp³-hybridized carbons (Fsp3) is 0.211. The normalized spacial score (nSPS) is 13.0. The Morgan fingerprint density at radius 3 is 2.42 bits per heavy atom. The summed E-state index contributed by atoms with van der Waals surface area (Å²) in [5.74, 6) is -0.687. The first-order chi connectivity index (χ1) is 14.6. The zero-order chi connectivity index (χ0) is 22.6. The predicted octanol–water partition coefficient (Wildman–Crippen LogP) is 2.27. The number of nitrogens with zero attached hydrogens (tertiary/aromatic N) is 3. The summed E-state index contributed by atoms with van der Waals surface area (Å²) in [6.45, 7) is 1.35. The molecule has 0 saturated heterocycles. The van der Waals surface area contributed by atoms with Crippen molar-refractivity contribution in [3.8, 4) is 5.69 Å². The monoisotopic (exact) mass is 453 g/mol. The molecule has 2 N–H and O–H groups in total. The Bertz CT molecular complexity index is 1150. The van der Waals surface area contributed by atoms with E-state index >= 15 is 0 Å². The van der Waals surface area contributed by atoms with Crippen LogP contribution in [0.25, 0.3) is 5.69 Å². The topological polar surface area (TPSA) is 106 Å². The van der Waals surface area contributed by atoms with Crippen molar-refractivity contribution < 1.29 is 26.4 Å². The van der Waals surface area contributed by atoms with Gasteiger partial charge in [0.15, 0.2) is 0 Å². The van der Waals surface area contributed by atoms with Gasteiger partial charge in [-0.25, -0.2) is 18.1 Å². The standard InChI is InChI=1S/C19H18F3N5O3S/c1-13(26-31(29,30)17-5-3-2-4-16(17)19(20,21)22)18(28)24-10-14-6-8-15(9-7-14)27-12-23-11-25-27/h2-9,11-13,26H,10H2,1H3,(H,24,28)/t13-/m0/s1. The van der Waals surface area contributed by atoms with E-state index < -0.39 is 38.6 Å². The van der Waals surface area contributed by atoms with Gasteiger partial charge in [-0.15, -0.1) is 0 Å². The molecule has 0 spiro atoms. The molecule has 0 aliphatic heterocycles. The second-order valence-electron chi connectivity index (χ2n) is 6.56. The second-order valence-corrected chi connectivity index (χ2v) is 8.24. The minimum absolute atomic E-state index is 0.0989. The number of benzene rings is 2. The lowest BCUT2D eigenvalue weighted by Gasteiger charge is -2.17. The fourth-order valence-corrected chi connectivity index (χ4v) is 4.17. The summed E-state index contributed by atoms with van der Waals surface area (Å²) in [7, 11) is -4.58. The van der Waals surface area contributed by atoms with E-state index in [1.54, 1.807) is 28.9 Å². The van der Waals surface area contributed by atoms with Crippen molar-refractivity contribution in [1.29, 1.82) is 0 Å². The third-order valence-electron chi connectivity index (χ3n) is 4.29. The summed E-state index contributed by atoms with van der Waals surface area (Å²) < 4.78 is 67.8. The van der Waals surface area contributed by atoms with Gasteiger partial charge in [0.2, 0.25) is 15.9 Å². The van der Waals surface area contributed by atoms with Crippen molar-refractivity contribution in [2.24, 2.45) is 0 Å². The van der Waals surface area contributed by atoms with Gasteiger partial charge in [0, 0.05) is 6.54 Å². The number of alkyl halides is 3. The molecule has 31 heavy (non-hydrogen) atoms. The molecule has 12 heteroatoms. The van der Waals surface area contributed by atoms with E-state index in [0.29, 0.717) is 6.07 Å². The van der Waals surface area contributed by atoms with Crippen LogP contribution in [0.2, 0.25) is 0 Å². The number of nitrogens with one attached hydrogen (secondary N) is 2. The molecule has 0 radical (unpaired) electrons. The fourth-order valence-electron chi connectivity index (χ4n) is 2.74. The molecule has 2 aromatic carbocycles. The third-order valence-corrected chi connectivity index (χ3v) is 5.89. The molecule has 0 aliphatic rings. The van der Waals surface area contributed by atoms with Gasteiger partial charge in [-0.3, -0.25) is 4.79 Å². The molecule has 1 atom stereocenters. The van der Waals surface area contributed by atoms with Crippen LogP contribution in [0.15, 0.2) is 66.1 Å². The first-order valence-electron chi connectivity index (χ1n) is 8.98. The molecule has 0 saturated carbocycles. The van der Waals surface area contributed by atoms with Crippen molar-refractivity contribution in [3.63, 3.8) is 0 Å². The van der Waals surface area contributed by atoms with Crippen molar-refractivity contribution >= 4 is 15.9 Å². The molecule has 0 aliphatic carbocycles. The Labute approximate surface area is 176 Å². The molecular formula is C19H18F3N5O3S. The second kappa shape index (κ2) is 8.86. The van der Waals surface area contributed by atoms with Gasteiger partial charge in [0.25, 0.3) is 0 Å². The van der Waals surface area contributed by atoms with Gasteiger partial charge in [-0.2, -0.15) is 23.0 Å². The first-order valence-corrected chi connectivity index (χ1v) is 10.5. The minimum atomic E-state index is -4.85. The minimum Gasteiger partial charge on any atom is -0.351 e. The largest absolute Gasteiger partial charge is 0.417 e. The van der Waals surface area contributed by atoms with Crippen LogP contribution in [0.4, 0.5) is 13.2 Å². The summed E-state index contributed by atoms with van der Waals surface area (Å²) in [4.78, 5) is 15.2. The molecule has 3 rings (SSSR count). The van der Waals surface area contributed by atoms with E-state index in [9.17, 15) is 26.4 Å². The van der Waals surface area contributed by atoms with E-state index in [4.69, 9.17) is 0 Å². The predicted molar refractivity (Wildman–Crippen MR) is 104 cm³/mol. The van der Waals surface area contributed by atoms with Gasteiger partial charge < -0.3 is 5.32 Å². The molecule has 0 fully saturated rings. The Morgan fingerprint density at radius 1 is 1.13 bits per heavy atom. The lowest BCUT2D eigenvalue weighted by atomic mass is 10.2. The van der Waals surface area contributed by atoms with E-state index in [-0.39, 0.29) is 6.54 Å². The highest BCUT2D eigenvalue weighted by molar-refractivity contribution is 7.89. The van der Waals surface area contributed by atoms with E-state index in [1.165, 1.54) is 25.6 Å². The number of rotatable bonds is 7. The van der Waals surface area contributed by atoms with Crippen LogP contribution < -0.4 is 10.0 Å². The SMILES string of the molecule is C[C@H](NS(=O)(=O)c1ccccc1C(F)(F)F)C(=O)NCc1ccc(-n2cncn2)cc1. The van der Waals surface area contributed by atoms with E-state index in [2.05, 4.69) is 15.4 Å². The zero-order valence-corrected chi connectivity index (χ0v) is 17.0. The van der Waals surface area contributed by atoms with Gasteiger partial charge >= 0.3 is 6.18 Å². The summed E-state index contributed by atoms with van der Waals surface area (Å²) in [6.07, 6.45) is -1.93. The molecule has 1 heterocycles. The van der Waals surface area contributed by atoms with Gasteiger partial charge in [0.1, 0.15) is 12.7 Å². The summed E-state index contributed by atoms with van der Waals surface area (Å²) in [5.41, 5.74) is 0.189. The van der Waals surface area contributed by atoms with Crippen LogP contribution in [-0.4, -0.2) is 35.1 Å². The average Bonchev–Trinajstić information content (AvgIpc) is 3.26. The van der Waals surface area contributed by atoms with Gasteiger partial charge in [0.05, 0.1) is 22.2 Å². The lowest BCUT2D eigenvalue weighted by Crippen LogP contribution is -2.44. The molecular weight excluding hydrogens is 435 g/mol. The summed E-state index contributed by atoms with van der Waals surface area (Å²) in [5, 5.41) is 6.54. The highest BCUT2D eigenvalue weighted by Gasteiger charge is 2.37. The maximum absolute atomic E-state index is 13.1. The molecule has 1 aromatic heterocycles. The Balaban J connectivity index is 1.63. The van der Waals surface area contributed by atoms with E-state index in [0.717, 1.165) is 23.4 Å². The van der Waals surface area contributed by atoms with Crippen LogP contribution >= 0.6 is 0 Å². The zero-order valence-electron chi connectivity index (χ0n) is 16.2. The van der Waals surface area contributed by atoms with Crippen LogP contribution in [0.1, 0.15) is 18.1 Å². The Kier molecular flexibility index (Phi) is 6.41. The number of amides is 1. The van der Waals surface area contributed by atoms with Crippen molar-refractivity contribution in [2.45, 2.75) is 30.6 Å². The highest BCUT2D eigenvalue weighted by atomic mass is 32.2. The molecule has 1 amide bonds. The number of sulfonamides is 1. The maximum atomic E-state index is 13.1. The highest BCUT2D eigenvalue weighted by Crippen LogP contribution is 2.33. The van der Waals surface area contributed by atoms with Crippen molar-refractivity contribution in [1.82, 2.24) is 24.8 Å². The quantitative estimate of drug-likeness (QED) is 0.571. The summed E-state index contributed by atoms with van der Waals surface area (Å²) >= 11 is 0. The summed E-state index contributed by atoms with van der Waals surface area (Å²) in [6, 6.07) is 9.49. The van der Waals surface area contributed by atoms with Crippen LogP contribution in [0.3, 0.4) is 0 Å². The molecule has 0 unspecified atom stereocenters. The average molecular weight is 453 g/mol. The molecule has 164 valence electrons. The number of carbonyl (C=O) groups is 1. The molecule has 0 bridgehead atoms. The number of carbonyl (C=O) groups excluding carboxylic acids is 1. The van der Waals surface area contributed by atoms with Crippen LogP contribution in [0, 0.1) is 0 Å². The van der Waals surface area contributed by atoms with Gasteiger partial charge in [-0.05, 0) is 36.8 Å². The van der Waals surface area contributed by atoms with Crippen molar-refractivity contribution in [2.75, 3.05) is 0 Å². The smallest absolute Gasteiger partial charge is 0.351 e. The number of aromatic nitrogens is 3. The molecule has 3 aromatic rings. The Morgan fingerprint density at radius 2 is 1.81 bits per heavy atom. The first kappa shape index (κ1) is 22.4. The number of hydrogen-bond acceptors (Lipinski definition) is 5. The number of hydrogen-bond donors (Lipinski definition) is 2. The maximum Gasteiger partial charge on any atom is 0.417 e. The van der Waals surface area contributed by atoms with Gasteiger partial charge in [-0.1, -0.05) is 24.3 Å². The van der Waals surface area contributed by atoms with E-state index in [1.807, 2.05) is 4.72 Å². The molecule has 8 nitrogen and oxygen atoms in total. The number of halogens is 3. The van der Waals surface area contributed by atoms with Crippen LogP contribution in [-0.2, 0) is 27.5 Å². The Hall–Kier alpha value is -3.25. The van der Waals surface area contributed by atoms with Crippen LogP contribution in [0.5, 0.6) is 0 Å².